The molecule has 0 spiro atoms. The van der Waals surface area contributed by atoms with Crippen LogP contribution < -0.4 is 22.4 Å². The maximum Gasteiger partial charge on any atom is 0.251 e. The predicted octanol–water partition coefficient (Wildman–Crippen LogP) is 5.60. The fourth-order valence-electron chi connectivity index (χ4n) is 4.17. The van der Waals surface area contributed by atoms with Gasteiger partial charge in [-0.3, -0.25) is 20.4 Å². The highest BCUT2D eigenvalue weighted by atomic mass is 16.7. The van der Waals surface area contributed by atoms with Crippen LogP contribution in [-0.2, 0) is 11.2 Å². The first kappa shape index (κ1) is 47.9. The lowest BCUT2D eigenvalue weighted by atomic mass is 10.0. The number of Topliss-reactive ketones (excluding diaryl/α,β-unsaturated/α-hetero) is 1. The molecule has 0 saturated heterocycles. The Balaban J connectivity index is -0.000000237. The molecule has 0 fully saturated rings. The van der Waals surface area contributed by atoms with Gasteiger partial charge in [-0.2, -0.15) is 0 Å². The normalized spacial score (nSPS) is 7.90. The number of carbonyl (C=O) groups is 2. The number of nitrogens with two attached hydrogens (primary N) is 2. The van der Waals surface area contributed by atoms with Gasteiger partial charge in [0.05, 0.1) is 16.8 Å². The second-order valence-electron chi connectivity index (χ2n) is 10.9. The van der Waals surface area contributed by atoms with Crippen molar-refractivity contribution >= 4 is 28.3 Å². The zero-order chi connectivity index (χ0) is 44.9. The van der Waals surface area contributed by atoms with Crippen molar-refractivity contribution in [3.63, 3.8) is 0 Å². The molecule has 13 nitrogen and oxygen atoms in total. The minimum atomic E-state index is -0.879. The number of anilines is 1. The molecule has 0 unspecified atom stereocenters. The molecule has 4 aromatic rings. The highest BCUT2D eigenvalue weighted by Gasteiger charge is 2.10. The third-order valence-corrected chi connectivity index (χ3v) is 6.78. The van der Waals surface area contributed by atoms with Gasteiger partial charge in [-0.1, -0.05) is 42.2 Å². The first-order valence-corrected chi connectivity index (χ1v) is 17.6. The fraction of sp³-hybridized carbons (Fsp3) is 0.102. The highest BCUT2D eigenvalue weighted by Crippen LogP contribution is 2.21. The average molecular weight is 824 g/mol. The third kappa shape index (κ3) is 21.7. The largest absolute Gasteiger partial charge is 0.383 e. The average Bonchev–Trinajstić information content (AvgIpc) is 3.29. The van der Waals surface area contributed by atoms with E-state index in [0.717, 1.165) is 27.5 Å². The van der Waals surface area contributed by atoms with E-state index in [-0.39, 0.29) is 28.2 Å². The molecule has 0 aliphatic carbocycles. The molecule has 2 heterocycles. The summed E-state index contributed by atoms with van der Waals surface area (Å²) in [6, 6.07) is 18.9. The van der Waals surface area contributed by atoms with Crippen molar-refractivity contribution in [2.45, 2.75) is 26.7 Å². The van der Waals surface area contributed by atoms with E-state index in [2.05, 4.69) is 162 Å². The van der Waals surface area contributed by atoms with Crippen LogP contribution in [0.4, 0.5) is 5.82 Å². The second-order valence-corrected chi connectivity index (χ2v) is 10.9. The van der Waals surface area contributed by atoms with E-state index in [9.17, 15) is 19.7 Å². The van der Waals surface area contributed by atoms with Crippen LogP contribution >= 0.6 is 0 Å². The summed E-state index contributed by atoms with van der Waals surface area (Å²) in [5.41, 5.74) is 10.8. The summed E-state index contributed by atoms with van der Waals surface area (Å²) in [5.74, 6) is 60.2. The summed E-state index contributed by atoms with van der Waals surface area (Å²) in [6.45, 7) is 3.41. The van der Waals surface area contributed by atoms with Crippen LogP contribution in [0.3, 0.4) is 0 Å². The van der Waals surface area contributed by atoms with Crippen LogP contribution in [0.1, 0.15) is 46.2 Å². The number of pyridine rings is 2. The van der Waals surface area contributed by atoms with Gasteiger partial charge in [-0.05, 0) is 167 Å². The molecular weight excluding hydrogens is 779 g/mol. The van der Waals surface area contributed by atoms with Gasteiger partial charge in [-0.25, -0.2) is 4.98 Å². The number of hydrogen-bond donors (Lipinski definition) is 4. The molecule has 0 radical (unpaired) electrons. The van der Waals surface area contributed by atoms with E-state index in [0.29, 0.717) is 24.2 Å². The Labute approximate surface area is 370 Å². The number of fused-ring (bicyclic) bond motifs is 1. The summed E-state index contributed by atoms with van der Waals surface area (Å²) in [4.78, 5) is 41.9. The van der Waals surface area contributed by atoms with E-state index < -0.39 is 5.03 Å². The topological polar surface area (TPSA) is 204 Å². The minimum absolute atomic E-state index is 0. The number of benzene rings is 2. The summed E-state index contributed by atoms with van der Waals surface area (Å²) in [5, 5.41) is 18.1. The van der Waals surface area contributed by atoms with Crippen LogP contribution in [-0.4, -0.2) is 33.2 Å². The quantitative estimate of drug-likeness (QED) is 0.0544. The van der Waals surface area contributed by atoms with Crippen molar-refractivity contribution < 1.29 is 24.6 Å². The number of nitrogens with one attached hydrogen (secondary N) is 2. The molecular formula is C49H45N9O4. The van der Waals surface area contributed by atoms with Crippen LogP contribution in [0.2, 0.25) is 0 Å². The molecule has 2 aromatic heterocycles. The lowest BCUT2D eigenvalue weighted by molar-refractivity contribution is -0.546. The summed E-state index contributed by atoms with van der Waals surface area (Å²) >= 11 is 0. The predicted molar refractivity (Wildman–Crippen MR) is 252 cm³/mol. The summed E-state index contributed by atoms with van der Waals surface area (Å²) in [6.07, 6.45) is 6.09. The number of ketones is 1. The molecule has 1 amide bonds. The lowest BCUT2D eigenvalue weighted by Gasteiger charge is -2.07. The first-order valence-electron chi connectivity index (χ1n) is 17.6. The van der Waals surface area contributed by atoms with E-state index >= 15 is 0 Å². The Morgan fingerprint density at radius 3 is 1.63 bits per heavy atom. The van der Waals surface area contributed by atoms with Gasteiger partial charge in [0.15, 0.2) is 11.0 Å². The van der Waals surface area contributed by atoms with Crippen LogP contribution in [0.5, 0.6) is 0 Å². The number of aromatic nitrogens is 2. The first-order chi connectivity index (χ1) is 30.3. The van der Waals surface area contributed by atoms with Gasteiger partial charge in [0.1, 0.15) is 5.82 Å². The Morgan fingerprint density at radius 1 is 0.694 bits per heavy atom. The Morgan fingerprint density at radius 2 is 1.18 bits per heavy atom. The molecule has 6 N–H and O–H groups in total. The van der Waals surface area contributed by atoms with Crippen molar-refractivity contribution in [2.75, 3.05) is 12.3 Å². The smallest absolute Gasteiger partial charge is 0.251 e. The van der Waals surface area contributed by atoms with E-state index in [1.807, 2.05) is 48.5 Å². The second kappa shape index (κ2) is 30.9. The molecule has 0 saturated carbocycles. The molecule has 62 heavy (non-hydrogen) atoms. The molecule has 13 heteroatoms. The van der Waals surface area contributed by atoms with Gasteiger partial charge in [0.2, 0.25) is 0 Å². The summed E-state index contributed by atoms with van der Waals surface area (Å²) < 4.78 is 0. The number of nitrogen functional groups attached to an aromatic ring is 1. The standard InChI is InChI=1S/C25H22N4O2.C24H6.H3N5O2.7H2/c26-24-23-8-2-17(15-21(23)11-14-28-24)1-7-22(30)16-29-25(31)20-5-3-18(4-6-20)19-9-12-27-13-10-19;1-3-5-7-9-11-13-15-17-19-21-23-24-22-20-18-16-14-12-10-8-6-4-2;1-2-3-4-5(6)7;;;;;;;/h2-6,8-15H,1,7,16H2,(H2,26,28)(H,29,31);1-2H3;(H2,1,3)(H,2,4);7*1H. The Kier molecular flexibility index (Phi) is 23.8. The molecule has 4 rings (SSSR count). The zero-order valence-electron chi connectivity index (χ0n) is 33.2. The molecule has 0 aliphatic rings. The molecule has 0 bridgehead atoms. The zero-order valence-corrected chi connectivity index (χ0v) is 33.2. The third-order valence-electron chi connectivity index (χ3n) is 6.78. The van der Waals surface area contributed by atoms with E-state index in [1.54, 1.807) is 44.6 Å². The number of aryl methyl sites for hydroxylation is 1. The summed E-state index contributed by atoms with van der Waals surface area (Å²) in [7, 11) is 0. The van der Waals surface area contributed by atoms with Crippen LogP contribution in [0.15, 0.2) is 89.7 Å². The Hall–Kier alpha value is -10.3. The van der Waals surface area contributed by atoms with Gasteiger partial charge in [0.25, 0.3) is 5.91 Å². The molecule has 2 aromatic carbocycles. The maximum atomic E-state index is 12.4. The van der Waals surface area contributed by atoms with Gasteiger partial charge >= 0.3 is 0 Å². The van der Waals surface area contributed by atoms with Crippen LogP contribution in [0.25, 0.3) is 21.9 Å². The van der Waals surface area contributed by atoms with Gasteiger partial charge in [-0.15, -0.1) is 0 Å². The van der Waals surface area contributed by atoms with E-state index in [4.69, 9.17) is 5.73 Å². The minimum Gasteiger partial charge on any atom is -0.383 e. The number of hydrazine groups is 1. The van der Waals surface area contributed by atoms with Crippen molar-refractivity contribution in [3.8, 4) is 141 Å². The maximum absolute atomic E-state index is 12.4. The molecule has 310 valence electrons. The lowest BCUT2D eigenvalue weighted by Crippen LogP contribution is -2.29. The molecule has 0 atom stereocenters. The Bertz CT molecular complexity index is 2950. The van der Waals surface area contributed by atoms with Crippen LogP contribution in [0, 0.1) is 140 Å². The van der Waals surface area contributed by atoms with Crippen molar-refractivity contribution in [1.29, 1.82) is 0 Å². The number of nitro groups is 1. The van der Waals surface area contributed by atoms with E-state index in [1.165, 1.54) is 5.53 Å². The number of hydrogen-bond acceptors (Lipinski definition) is 9. The number of rotatable bonds is 9. The van der Waals surface area contributed by atoms with Gasteiger partial charge < -0.3 is 21.2 Å². The van der Waals surface area contributed by atoms with Crippen molar-refractivity contribution in [3.05, 3.63) is 100 Å². The monoisotopic (exact) mass is 823 g/mol. The SMILES string of the molecule is CC#CC#CC#CC#CC#CC#CC#CC#CC#CC#CC#CC.NN=NN[N+](=O)[O-].Nc1nccc2cc(CCC(=O)CNC(=O)c3ccc(-c4ccncc4)cc3)ccc12.[HH].[HH].[HH].[HH].[HH].[HH].[HH]. The number of carbonyl (C=O) groups excluding carboxylic acids is 2. The fourth-order valence-corrected chi connectivity index (χ4v) is 4.17. The van der Waals surface area contributed by atoms with Gasteiger partial charge in [0, 0.05) is 75.2 Å². The van der Waals surface area contributed by atoms with Crippen molar-refractivity contribution in [1.82, 2.24) is 20.8 Å². The highest BCUT2D eigenvalue weighted by molar-refractivity contribution is 5.97. The molecule has 0 aliphatic heterocycles. The number of amides is 1. The number of nitrogens with zero attached hydrogens (tertiary/aromatic N) is 5. The van der Waals surface area contributed by atoms with Crippen molar-refractivity contribution in [2.24, 2.45) is 16.3 Å².